The smallest absolute Gasteiger partial charge is 0.264 e. The summed E-state index contributed by atoms with van der Waals surface area (Å²) in [5.41, 5.74) is 1.69. The molecule has 1 aliphatic heterocycles. The van der Waals surface area contributed by atoms with E-state index in [4.69, 9.17) is 0 Å². The Kier molecular flexibility index (Phi) is 4.64. The minimum Gasteiger partial charge on any atom is -0.326 e. The Morgan fingerprint density at radius 1 is 1.29 bits per heavy atom. The van der Waals surface area contributed by atoms with Gasteiger partial charge in [-0.3, -0.25) is 23.6 Å². The minimum absolute atomic E-state index is 0.0983. The quantitative estimate of drug-likeness (QED) is 0.718. The molecule has 1 N–H and O–H groups in total. The molecule has 28 heavy (non-hydrogen) atoms. The Labute approximate surface area is 160 Å². The lowest BCUT2D eigenvalue weighted by Crippen LogP contribution is -2.24. The number of aromatic nitrogens is 4. The summed E-state index contributed by atoms with van der Waals surface area (Å²) in [6.07, 6.45) is 4.44. The molecule has 9 heteroatoms. The normalized spacial score (nSPS) is 14.0. The van der Waals surface area contributed by atoms with Crippen molar-refractivity contribution in [1.29, 1.82) is 0 Å². The van der Waals surface area contributed by atoms with E-state index in [0.717, 1.165) is 12.1 Å². The van der Waals surface area contributed by atoms with Crippen LogP contribution in [0.1, 0.15) is 19.3 Å². The number of nitrogens with one attached hydrogen (secondary N) is 1. The maximum atomic E-state index is 12.4. The maximum absolute atomic E-state index is 12.4. The fourth-order valence-corrected chi connectivity index (χ4v) is 3.34. The fraction of sp³-hybridized carbons (Fsp3) is 0.316. The number of rotatable bonds is 5. The fourth-order valence-electron chi connectivity index (χ4n) is 3.34. The second-order valence-corrected chi connectivity index (χ2v) is 6.75. The zero-order valence-corrected chi connectivity index (χ0v) is 15.5. The molecule has 1 aliphatic rings. The first-order chi connectivity index (χ1) is 13.5. The summed E-state index contributed by atoms with van der Waals surface area (Å²) in [5.74, 6) is -0.121. The number of nitrogens with zero attached hydrogens (tertiary/aromatic N) is 5. The van der Waals surface area contributed by atoms with Crippen LogP contribution < -0.4 is 15.8 Å². The molecule has 1 fully saturated rings. The van der Waals surface area contributed by atoms with E-state index in [1.165, 1.54) is 21.8 Å². The molecule has 2 amide bonds. The molecule has 144 valence electrons. The van der Waals surface area contributed by atoms with Crippen LogP contribution in [0.4, 0.5) is 11.4 Å². The molecule has 0 bridgehead atoms. The van der Waals surface area contributed by atoms with Gasteiger partial charge in [-0.15, -0.1) is 0 Å². The Morgan fingerprint density at radius 2 is 2.14 bits per heavy atom. The van der Waals surface area contributed by atoms with E-state index >= 15 is 0 Å². The summed E-state index contributed by atoms with van der Waals surface area (Å²) in [5, 5.41) is 7.28. The van der Waals surface area contributed by atoms with Crippen molar-refractivity contribution in [2.75, 3.05) is 16.8 Å². The molecule has 3 aromatic rings. The molecule has 4 rings (SSSR count). The van der Waals surface area contributed by atoms with E-state index in [0.29, 0.717) is 29.7 Å². The molecule has 0 unspecified atom stereocenters. The summed E-state index contributed by atoms with van der Waals surface area (Å²) >= 11 is 0. The SMILES string of the molecule is Cn1ncc2c(=O)n(CCC(=O)Nc3cccc(N4CCCC4=O)c3)cnc21. The van der Waals surface area contributed by atoms with Crippen molar-refractivity contribution < 1.29 is 9.59 Å². The number of hydrogen-bond donors (Lipinski definition) is 1. The zero-order chi connectivity index (χ0) is 19.7. The van der Waals surface area contributed by atoms with Gasteiger partial charge in [0.15, 0.2) is 5.65 Å². The Morgan fingerprint density at radius 3 is 2.93 bits per heavy atom. The summed E-state index contributed by atoms with van der Waals surface area (Å²) in [7, 11) is 1.72. The van der Waals surface area contributed by atoms with Crippen LogP contribution in [0.25, 0.3) is 11.0 Å². The van der Waals surface area contributed by atoms with Crippen LogP contribution in [0, 0.1) is 0 Å². The predicted octanol–water partition coefficient (Wildman–Crippen LogP) is 1.29. The highest BCUT2D eigenvalue weighted by Gasteiger charge is 2.21. The van der Waals surface area contributed by atoms with Gasteiger partial charge in [0.1, 0.15) is 5.39 Å². The van der Waals surface area contributed by atoms with Gasteiger partial charge in [0.2, 0.25) is 11.8 Å². The van der Waals surface area contributed by atoms with Gasteiger partial charge in [0, 0.05) is 44.4 Å². The first-order valence-corrected chi connectivity index (χ1v) is 9.10. The first-order valence-electron chi connectivity index (χ1n) is 9.10. The van der Waals surface area contributed by atoms with Gasteiger partial charge in [-0.1, -0.05) is 6.07 Å². The molecule has 0 spiro atoms. The van der Waals surface area contributed by atoms with Crippen molar-refractivity contribution in [2.45, 2.75) is 25.8 Å². The first kappa shape index (κ1) is 17.9. The lowest BCUT2D eigenvalue weighted by atomic mass is 10.2. The van der Waals surface area contributed by atoms with Crippen molar-refractivity contribution in [1.82, 2.24) is 19.3 Å². The van der Waals surface area contributed by atoms with Crippen molar-refractivity contribution in [3.8, 4) is 0 Å². The van der Waals surface area contributed by atoms with Crippen molar-refractivity contribution in [3.05, 3.63) is 47.1 Å². The third-order valence-corrected chi connectivity index (χ3v) is 4.81. The van der Waals surface area contributed by atoms with Crippen molar-refractivity contribution in [3.63, 3.8) is 0 Å². The van der Waals surface area contributed by atoms with E-state index in [-0.39, 0.29) is 30.3 Å². The summed E-state index contributed by atoms with van der Waals surface area (Å²) in [4.78, 5) is 42.6. The minimum atomic E-state index is -0.222. The molecule has 2 aromatic heterocycles. The third kappa shape index (κ3) is 3.38. The summed E-state index contributed by atoms with van der Waals surface area (Å²) in [6.45, 7) is 0.912. The van der Waals surface area contributed by atoms with Crippen molar-refractivity contribution >= 4 is 34.2 Å². The van der Waals surface area contributed by atoms with E-state index < -0.39 is 0 Å². The maximum Gasteiger partial charge on any atom is 0.264 e. The van der Waals surface area contributed by atoms with Gasteiger partial charge in [0.05, 0.1) is 12.5 Å². The van der Waals surface area contributed by atoms with Crippen LogP contribution in [-0.2, 0) is 23.2 Å². The van der Waals surface area contributed by atoms with Gasteiger partial charge in [0.25, 0.3) is 5.56 Å². The molecule has 0 atom stereocenters. The number of hydrogen-bond acceptors (Lipinski definition) is 5. The van der Waals surface area contributed by atoms with Gasteiger partial charge < -0.3 is 10.2 Å². The van der Waals surface area contributed by atoms with Crippen LogP contribution in [0.5, 0.6) is 0 Å². The zero-order valence-electron chi connectivity index (χ0n) is 15.5. The second kappa shape index (κ2) is 7.26. The number of carbonyl (C=O) groups is 2. The lowest BCUT2D eigenvalue weighted by Gasteiger charge is -2.16. The predicted molar refractivity (Wildman–Crippen MR) is 104 cm³/mol. The molecule has 9 nitrogen and oxygen atoms in total. The monoisotopic (exact) mass is 380 g/mol. The van der Waals surface area contributed by atoms with Gasteiger partial charge in [-0.05, 0) is 24.6 Å². The largest absolute Gasteiger partial charge is 0.326 e. The number of fused-ring (bicyclic) bond motifs is 1. The molecule has 0 aliphatic carbocycles. The van der Waals surface area contributed by atoms with E-state index in [1.54, 1.807) is 30.1 Å². The standard InChI is InChI=1S/C19H20N6O3/c1-23-18-15(11-21-23)19(28)24(12-20-18)9-7-16(26)22-13-4-2-5-14(10-13)25-8-3-6-17(25)27/h2,4-5,10-12H,3,6-9H2,1H3,(H,22,26). The molecule has 0 saturated carbocycles. The van der Waals surface area contributed by atoms with Crippen LogP contribution >= 0.6 is 0 Å². The number of carbonyl (C=O) groups excluding carboxylic acids is 2. The second-order valence-electron chi connectivity index (χ2n) is 6.75. The van der Waals surface area contributed by atoms with Crippen LogP contribution in [0.3, 0.4) is 0 Å². The van der Waals surface area contributed by atoms with Crippen molar-refractivity contribution in [2.24, 2.45) is 7.05 Å². The molecule has 1 aromatic carbocycles. The van der Waals surface area contributed by atoms with Gasteiger partial charge in [-0.2, -0.15) is 5.10 Å². The summed E-state index contributed by atoms with van der Waals surface area (Å²) < 4.78 is 2.94. The van der Waals surface area contributed by atoms with Crippen LogP contribution in [0.15, 0.2) is 41.6 Å². The highest BCUT2D eigenvalue weighted by molar-refractivity contribution is 5.97. The van der Waals surface area contributed by atoms with E-state index in [1.807, 2.05) is 6.07 Å². The molecule has 3 heterocycles. The number of aryl methyl sites for hydroxylation is 2. The molecular weight excluding hydrogens is 360 g/mol. The lowest BCUT2D eigenvalue weighted by molar-refractivity contribution is -0.117. The van der Waals surface area contributed by atoms with E-state index in [2.05, 4.69) is 15.4 Å². The average Bonchev–Trinajstić information content (AvgIpc) is 3.28. The Balaban J connectivity index is 1.42. The molecule has 1 saturated heterocycles. The Hall–Kier alpha value is -3.49. The van der Waals surface area contributed by atoms with Crippen LogP contribution in [-0.4, -0.2) is 37.7 Å². The van der Waals surface area contributed by atoms with E-state index in [9.17, 15) is 14.4 Å². The topological polar surface area (TPSA) is 102 Å². The van der Waals surface area contributed by atoms with Gasteiger partial charge >= 0.3 is 0 Å². The molecular formula is C19H20N6O3. The molecule has 0 radical (unpaired) electrons. The summed E-state index contributed by atoms with van der Waals surface area (Å²) in [6, 6.07) is 7.22. The number of anilines is 2. The average molecular weight is 380 g/mol. The number of amides is 2. The highest BCUT2D eigenvalue weighted by atomic mass is 16.2. The highest BCUT2D eigenvalue weighted by Crippen LogP contribution is 2.24. The number of benzene rings is 1. The Bertz CT molecular complexity index is 1120. The third-order valence-electron chi connectivity index (χ3n) is 4.81. The van der Waals surface area contributed by atoms with Gasteiger partial charge in [-0.25, -0.2) is 4.98 Å². The van der Waals surface area contributed by atoms with Crippen LogP contribution in [0.2, 0.25) is 0 Å².